The van der Waals surface area contributed by atoms with Gasteiger partial charge in [0.25, 0.3) is 0 Å². The molecule has 0 radical (unpaired) electrons. The van der Waals surface area contributed by atoms with E-state index in [0.29, 0.717) is 5.92 Å². The number of rotatable bonds is 5. The fourth-order valence-corrected chi connectivity index (χ4v) is 3.40. The lowest BCUT2D eigenvalue weighted by molar-refractivity contribution is 0.343. The summed E-state index contributed by atoms with van der Waals surface area (Å²) in [5, 5.41) is 0. The Kier molecular flexibility index (Phi) is 5.07. The molecule has 1 atom stereocenters. The summed E-state index contributed by atoms with van der Waals surface area (Å²) in [5.41, 5.74) is 7.29. The quantitative estimate of drug-likeness (QED) is 0.898. The molecule has 0 amide bonds. The van der Waals surface area contributed by atoms with Crippen molar-refractivity contribution >= 4 is 15.9 Å². The molecule has 18 heavy (non-hydrogen) atoms. The predicted octanol–water partition coefficient (Wildman–Crippen LogP) is 3.77. The van der Waals surface area contributed by atoms with Crippen LogP contribution < -0.4 is 10.5 Å². The molecule has 1 saturated carbocycles. The third-order valence-corrected chi connectivity index (χ3v) is 4.88. The molecule has 2 rings (SSSR count). The molecular weight excluding hydrogens is 290 g/mol. The second-order valence-electron chi connectivity index (χ2n) is 5.20. The maximum Gasteiger partial charge on any atom is 0.119 e. The van der Waals surface area contributed by atoms with E-state index in [0.717, 1.165) is 24.6 Å². The zero-order chi connectivity index (χ0) is 13.0. The van der Waals surface area contributed by atoms with Gasteiger partial charge < -0.3 is 10.5 Å². The Labute approximate surface area is 118 Å². The van der Waals surface area contributed by atoms with Gasteiger partial charge in [0.1, 0.15) is 5.75 Å². The zero-order valence-electron chi connectivity index (χ0n) is 11.0. The van der Waals surface area contributed by atoms with Crippen LogP contribution >= 0.6 is 15.9 Å². The van der Waals surface area contributed by atoms with Crippen LogP contribution in [0, 0.1) is 11.8 Å². The third-order valence-electron chi connectivity index (χ3n) is 4.10. The smallest absolute Gasteiger partial charge is 0.119 e. The lowest BCUT2D eigenvalue weighted by atomic mass is 9.86. The summed E-state index contributed by atoms with van der Waals surface area (Å²) < 4.78 is 6.46. The Morgan fingerprint density at radius 3 is 2.72 bits per heavy atom. The molecule has 100 valence electrons. The van der Waals surface area contributed by atoms with Gasteiger partial charge in [-0.3, -0.25) is 0 Å². The summed E-state index contributed by atoms with van der Waals surface area (Å²) in [6, 6.07) is 6.18. The highest BCUT2D eigenvalue weighted by atomic mass is 79.9. The van der Waals surface area contributed by atoms with Crippen molar-refractivity contribution in [2.45, 2.75) is 32.1 Å². The van der Waals surface area contributed by atoms with Crippen molar-refractivity contribution in [3.05, 3.63) is 28.2 Å². The molecule has 2 N–H and O–H groups in total. The van der Waals surface area contributed by atoms with Gasteiger partial charge in [0, 0.05) is 4.47 Å². The predicted molar refractivity (Wildman–Crippen MR) is 78.9 cm³/mol. The molecular formula is C15H22BrNO. The average molecular weight is 312 g/mol. The summed E-state index contributed by atoms with van der Waals surface area (Å²) in [6.07, 6.45) is 6.51. The molecule has 2 nitrogen and oxygen atoms in total. The summed E-state index contributed by atoms with van der Waals surface area (Å²) in [6.45, 7) is 0.786. The first-order valence-corrected chi connectivity index (χ1v) is 7.56. The van der Waals surface area contributed by atoms with Gasteiger partial charge in [-0.2, -0.15) is 0 Å². The van der Waals surface area contributed by atoms with Gasteiger partial charge in [-0.25, -0.2) is 0 Å². The minimum atomic E-state index is 0.607. The molecule has 0 bridgehead atoms. The van der Waals surface area contributed by atoms with Crippen LogP contribution in [0.2, 0.25) is 0 Å². The highest BCUT2D eigenvalue weighted by Crippen LogP contribution is 2.34. The monoisotopic (exact) mass is 311 g/mol. The molecule has 0 spiro atoms. The van der Waals surface area contributed by atoms with Crippen LogP contribution in [0.5, 0.6) is 5.75 Å². The maximum absolute atomic E-state index is 5.97. The number of nitrogens with two attached hydrogens (primary N) is 1. The van der Waals surface area contributed by atoms with Crippen molar-refractivity contribution in [2.75, 3.05) is 13.7 Å². The summed E-state index contributed by atoms with van der Waals surface area (Å²) in [7, 11) is 1.71. The topological polar surface area (TPSA) is 35.2 Å². The number of ether oxygens (including phenoxy) is 1. The van der Waals surface area contributed by atoms with Gasteiger partial charge >= 0.3 is 0 Å². The van der Waals surface area contributed by atoms with E-state index in [1.807, 2.05) is 6.07 Å². The van der Waals surface area contributed by atoms with Crippen molar-refractivity contribution in [2.24, 2.45) is 17.6 Å². The lowest BCUT2D eigenvalue weighted by Crippen LogP contribution is -2.24. The number of hydrogen-bond donors (Lipinski definition) is 1. The first kappa shape index (κ1) is 13.9. The van der Waals surface area contributed by atoms with Crippen molar-refractivity contribution in [3.8, 4) is 5.75 Å². The largest absolute Gasteiger partial charge is 0.497 e. The van der Waals surface area contributed by atoms with E-state index < -0.39 is 0 Å². The standard InChI is InChI=1S/C15H22BrNO/c1-18-14-6-7-15(16)12(9-14)8-13(10-17)11-4-2-3-5-11/h6-7,9,11,13H,2-5,8,10,17H2,1H3. The molecule has 0 aromatic heterocycles. The highest BCUT2D eigenvalue weighted by molar-refractivity contribution is 9.10. The molecule has 1 aromatic rings. The van der Waals surface area contributed by atoms with Gasteiger partial charge in [-0.15, -0.1) is 0 Å². The molecule has 1 aromatic carbocycles. The first-order valence-electron chi connectivity index (χ1n) is 6.77. The van der Waals surface area contributed by atoms with E-state index in [1.165, 1.54) is 35.7 Å². The summed E-state index contributed by atoms with van der Waals surface area (Å²) in [4.78, 5) is 0. The van der Waals surface area contributed by atoms with E-state index in [9.17, 15) is 0 Å². The van der Waals surface area contributed by atoms with E-state index in [1.54, 1.807) is 7.11 Å². The molecule has 0 heterocycles. The molecule has 1 fully saturated rings. The molecule has 0 aliphatic heterocycles. The fourth-order valence-electron chi connectivity index (χ4n) is 2.99. The van der Waals surface area contributed by atoms with Gasteiger partial charge in [0.15, 0.2) is 0 Å². The van der Waals surface area contributed by atoms with Crippen molar-refractivity contribution in [1.82, 2.24) is 0 Å². The third kappa shape index (κ3) is 3.27. The molecule has 1 aliphatic rings. The lowest BCUT2D eigenvalue weighted by Gasteiger charge is -2.22. The Morgan fingerprint density at radius 2 is 2.11 bits per heavy atom. The van der Waals surface area contributed by atoms with Crippen LogP contribution in [-0.2, 0) is 6.42 Å². The fraction of sp³-hybridized carbons (Fsp3) is 0.600. The van der Waals surface area contributed by atoms with Gasteiger partial charge in [-0.1, -0.05) is 41.6 Å². The molecule has 1 unspecified atom stereocenters. The maximum atomic E-state index is 5.97. The van der Waals surface area contributed by atoms with Crippen LogP contribution in [0.15, 0.2) is 22.7 Å². The SMILES string of the molecule is COc1ccc(Br)c(CC(CN)C2CCCC2)c1. The molecule has 3 heteroatoms. The summed E-state index contributed by atoms with van der Waals surface area (Å²) in [5.74, 6) is 2.35. The van der Waals surface area contributed by atoms with Crippen LogP contribution in [0.1, 0.15) is 31.2 Å². The van der Waals surface area contributed by atoms with E-state index in [2.05, 4.69) is 28.1 Å². The minimum Gasteiger partial charge on any atom is -0.497 e. The van der Waals surface area contributed by atoms with Crippen LogP contribution in [0.4, 0.5) is 0 Å². The minimum absolute atomic E-state index is 0.607. The Bertz CT molecular complexity index is 388. The average Bonchev–Trinajstić information content (AvgIpc) is 2.91. The Morgan fingerprint density at radius 1 is 1.39 bits per heavy atom. The van der Waals surface area contributed by atoms with Crippen molar-refractivity contribution < 1.29 is 4.74 Å². The van der Waals surface area contributed by atoms with Crippen LogP contribution in [0.25, 0.3) is 0 Å². The van der Waals surface area contributed by atoms with Crippen molar-refractivity contribution in [3.63, 3.8) is 0 Å². The number of hydrogen-bond acceptors (Lipinski definition) is 2. The van der Waals surface area contributed by atoms with Gasteiger partial charge in [-0.05, 0) is 48.6 Å². The normalized spacial score (nSPS) is 17.9. The highest BCUT2D eigenvalue weighted by Gasteiger charge is 2.24. The van der Waals surface area contributed by atoms with Gasteiger partial charge in [0.2, 0.25) is 0 Å². The first-order chi connectivity index (χ1) is 8.74. The van der Waals surface area contributed by atoms with E-state index in [4.69, 9.17) is 10.5 Å². The Hall–Kier alpha value is -0.540. The molecule has 1 aliphatic carbocycles. The number of benzene rings is 1. The van der Waals surface area contributed by atoms with E-state index in [-0.39, 0.29) is 0 Å². The summed E-state index contributed by atoms with van der Waals surface area (Å²) >= 11 is 3.63. The van der Waals surface area contributed by atoms with Crippen LogP contribution in [0.3, 0.4) is 0 Å². The second-order valence-corrected chi connectivity index (χ2v) is 6.06. The van der Waals surface area contributed by atoms with E-state index >= 15 is 0 Å². The second kappa shape index (κ2) is 6.58. The number of methoxy groups -OCH3 is 1. The van der Waals surface area contributed by atoms with Gasteiger partial charge in [0.05, 0.1) is 7.11 Å². The Balaban J connectivity index is 2.10. The van der Waals surface area contributed by atoms with Crippen LogP contribution in [-0.4, -0.2) is 13.7 Å². The molecule has 0 saturated heterocycles. The zero-order valence-corrected chi connectivity index (χ0v) is 12.6. The number of halogens is 1. The van der Waals surface area contributed by atoms with Crippen molar-refractivity contribution in [1.29, 1.82) is 0 Å².